The number of hydrogen-bond donors (Lipinski definition) is 2. The molecule has 2 N–H and O–H groups in total. The highest BCUT2D eigenvalue weighted by atomic mass is 32.2. The van der Waals surface area contributed by atoms with Gasteiger partial charge in [-0.2, -0.15) is 11.8 Å². The zero-order valence-corrected chi connectivity index (χ0v) is 23.1. The molecule has 0 aliphatic carbocycles. The zero-order chi connectivity index (χ0) is 26.6. The highest BCUT2D eigenvalue weighted by molar-refractivity contribution is 7.98. The summed E-state index contributed by atoms with van der Waals surface area (Å²) in [5, 5.41) is 6.11. The predicted molar refractivity (Wildman–Crippen MR) is 152 cm³/mol. The molecule has 0 aromatic heterocycles. The van der Waals surface area contributed by atoms with E-state index in [9.17, 15) is 14.4 Å². The number of anilines is 1. The van der Waals surface area contributed by atoms with Crippen LogP contribution in [0.1, 0.15) is 48.2 Å². The maximum absolute atomic E-state index is 13.4. The molecule has 1 unspecified atom stereocenters. The standard InChI is InChI=1S/C29H40N4O3S/c1-4-22-13-9-14-23(5-2)27(22)31-26(34)21-32-16-10-17-33(19-18-32)29(36)25(15-20-37-3)30-28(35)24-11-7-6-8-12-24/h6-9,11-14,25H,4-5,10,15-21H2,1-3H3,(H,30,35)(H,31,34). The van der Waals surface area contributed by atoms with Gasteiger partial charge in [-0.05, 0) is 61.0 Å². The van der Waals surface area contributed by atoms with Crippen molar-refractivity contribution in [2.75, 3.05) is 50.0 Å². The van der Waals surface area contributed by atoms with Crippen molar-refractivity contribution in [3.8, 4) is 0 Å². The minimum absolute atomic E-state index is 0.0247. The summed E-state index contributed by atoms with van der Waals surface area (Å²) in [6.45, 7) is 7.01. The van der Waals surface area contributed by atoms with Crippen LogP contribution in [0.5, 0.6) is 0 Å². The largest absolute Gasteiger partial charge is 0.340 e. The topological polar surface area (TPSA) is 81.8 Å². The number of hydrogen-bond acceptors (Lipinski definition) is 5. The molecular formula is C29H40N4O3S. The molecule has 1 fully saturated rings. The van der Waals surface area contributed by atoms with E-state index in [0.717, 1.165) is 48.4 Å². The first kappa shape index (κ1) is 28.7. The third kappa shape index (κ3) is 8.33. The van der Waals surface area contributed by atoms with Crippen molar-refractivity contribution < 1.29 is 14.4 Å². The van der Waals surface area contributed by atoms with Crippen molar-refractivity contribution in [2.24, 2.45) is 0 Å². The van der Waals surface area contributed by atoms with Gasteiger partial charge in [-0.1, -0.05) is 50.2 Å². The van der Waals surface area contributed by atoms with Gasteiger partial charge < -0.3 is 15.5 Å². The number of amides is 3. The number of aryl methyl sites for hydroxylation is 2. The molecule has 8 heteroatoms. The lowest BCUT2D eigenvalue weighted by Gasteiger charge is -2.27. The van der Waals surface area contributed by atoms with Gasteiger partial charge in [0.1, 0.15) is 6.04 Å². The molecule has 3 rings (SSSR count). The maximum atomic E-state index is 13.4. The van der Waals surface area contributed by atoms with Crippen molar-refractivity contribution in [3.05, 3.63) is 65.2 Å². The van der Waals surface area contributed by atoms with Crippen LogP contribution in [0.25, 0.3) is 0 Å². The molecule has 1 aliphatic heterocycles. The van der Waals surface area contributed by atoms with Gasteiger partial charge in [0.2, 0.25) is 11.8 Å². The Morgan fingerprint density at radius 2 is 1.62 bits per heavy atom. The lowest BCUT2D eigenvalue weighted by Crippen LogP contribution is -2.50. The van der Waals surface area contributed by atoms with E-state index >= 15 is 0 Å². The third-order valence-corrected chi connectivity index (χ3v) is 7.42. The number of carbonyl (C=O) groups excluding carboxylic acids is 3. The molecule has 0 bridgehead atoms. The van der Waals surface area contributed by atoms with Crippen LogP contribution >= 0.6 is 11.8 Å². The molecule has 37 heavy (non-hydrogen) atoms. The van der Waals surface area contributed by atoms with Gasteiger partial charge in [0, 0.05) is 37.4 Å². The third-order valence-electron chi connectivity index (χ3n) is 6.78. The first-order chi connectivity index (χ1) is 18.0. The first-order valence-electron chi connectivity index (χ1n) is 13.2. The van der Waals surface area contributed by atoms with Crippen LogP contribution in [-0.4, -0.2) is 78.3 Å². The molecule has 1 aliphatic rings. The second-order valence-electron chi connectivity index (χ2n) is 9.34. The minimum atomic E-state index is -0.562. The summed E-state index contributed by atoms with van der Waals surface area (Å²) < 4.78 is 0. The van der Waals surface area contributed by atoms with Crippen LogP contribution in [-0.2, 0) is 22.4 Å². The van der Waals surface area contributed by atoms with Gasteiger partial charge in [0.05, 0.1) is 6.54 Å². The van der Waals surface area contributed by atoms with Gasteiger partial charge in [-0.15, -0.1) is 0 Å². The van der Waals surface area contributed by atoms with Crippen LogP contribution in [0.15, 0.2) is 48.5 Å². The van der Waals surface area contributed by atoms with E-state index in [1.54, 1.807) is 23.9 Å². The lowest BCUT2D eigenvalue weighted by atomic mass is 10.0. The highest BCUT2D eigenvalue weighted by Crippen LogP contribution is 2.22. The van der Waals surface area contributed by atoms with E-state index in [1.165, 1.54) is 0 Å². The van der Waals surface area contributed by atoms with Crippen LogP contribution in [0.4, 0.5) is 5.69 Å². The summed E-state index contributed by atoms with van der Waals surface area (Å²) in [7, 11) is 0. The normalized spacial score (nSPS) is 15.1. The molecule has 3 amide bonds. The molecule has 1 saturated heterocycles. The van der Waals surface area contributed by atoms with Crippen LogP contribution in [0.2, 0.25) is 0 Å². The molecule has 0 spiro atoms. The van der Waals surface area contributed by atoms with Crippen molar-refractivity contribution >= 4 is 35.2 Å². The zero-order valence-electron chi connectivity index (χ0n) is 22.3. The van der Waals surface area contributed by atoms with E-state index in [2.05, 4.69) is 41.5 Å². The van der Waals surface area contributed by atoms with Gasteiger partial charge in [0.15, 0.2) is 0 Å². The average Bonchev–Trinajstić information content (AvgIpc) is 3.16. The van der Waals surface area contributed by atoms with E-state index < -0.39 is 6.04 Å². The van der Waals surface area contributed by atoms with Gasteiger partial charge in [-0.25, -0.2) is 0 Å². The number of nitrogens with one attached hydrogen (secondary N) is 2. The quantitative estimate of drug-likeness (QED) is 0.467. The van der Waals surface area contributed by atoms with E-state index in [-0.39, 0.29) is 17.7 Å². The maximum Gasteiger partial charge on any atom is 0.251 e. The Bertz CT molecular complexity index is 1020. The first-order valence-corrected chi connectivity index (χ1v) is 14.6. The fraction of sp³-hybridized carbons (Fsp3) is 0.483. The number of benzene rings is 2. The summed E-state index contributed by atoms with van der Waals surface area (Å²) in [6, 6.07) is 14.6. The molecule has 0 radical (unpaired) electrons. The monoisotopic (exact) mass is 524 g/mol. The molecule has 2 aromatic rings. The number of nitrogens with zero attached hydrogens (tertiary/aromatic N) is 2. The van der Waals surface area contributed by atoms with Gasteiger partial charge >= 0.3 is 0 Å². The Morgan fingerprint density at radius 3 is 2.27 bits per heavy atom. The summed E-state index contributed by atoms with van der Waals surface area (Å²) in [6.07, 6.45) is 5.09. The Kier molecular flexibility index (Phi) is 11.5. The molecule has 2 aromatic carbocycles. The number of carbonyl (C=O) groups is 3. The van der Waals surface area contributed by atoms with E-state index in [0.29, 0.717) is 38.2 Å². The number of thioether (sulfide) groups is 1. The summed E-state index contributed by atoms with van der Waals surface area (Å²) in [4.78, 5) is 43.1. The smallest absolute Gasteiger partial charge is 0.251 e. The van der Waals surface area contributed by atoms with Crippen molar-refractivity contribution in [2.45, 2.75) is 45.6 Å². The van der Waals surface area contributed by atoms with Crippen molar-refractivity contribution in [1.82, 2.24) is 15.1 Å². The second-order valence-corrected chi connectivity index (χ2v) is 10.3. The predicted octanol–water partition coefficient (Wildman–Crippen LogP) is 3.84. The average molecular weight is 525 g/mol. The van der Waals surface area contributed by atoms with Crippen LogP contribution in [0.3, 0.4) is 0 Å². The molecular weight excluding hydrogens is 484 g/mol. The second kappa shape index (κ2) is 14.8. The molecule has 0 saturated carbocycles. The van der Waals surface area contributed by atoms with Gasteiger partial charge in [-0.3, -0.25) is 19.3 Å². The number of para-hydroxylation sites is 1. The summed E-state index contributed by atoms with van der Waals surface area (Å²) in [5.41, 5.74) is 3.78. The molecule has 1 heterocycles. The Morgan fingerprint density at radius 1 is 0.919 bits per heavy atom. The van der Waals surface area contributed by atoms with E-state index in [4.69, 9.17) is 0 Å². The fourth-order valence-electron chi connectivity index (χ4n) is 4.68. The van der Waals surface area contributed by atoms with Crippen LogP contribution in [0, 0.1) is 0 Å². The Balaban J connectivity index is 1.59. The van der Waals surface area contributed by atoms with E-state index in [1.807, 2.05) is 35.4 Å². The summed E-state index contributed by atoms with van der Waals surface area (Å²) in [5.74, 6) is 0.481. The molecule has 200 valence electrons. The van der Waals surface area contributed by atoms with Crippen molar-refractivity contribution in [1.29, 1.82) is 0 Å². The SMILES string of the molecule is CCc1cccc(CC)c1NC(=O)CN1CCCN(C(=O)C(CCSC)NC(=O)c2ccccc2)CC1. The van der Waals surface area contributed by atoms with Crippen LogP contribution < -0.4 is 10.6 Å². The van der Waals surface area contributed by atoms with Crippen molar-refractivity contribution in [3.63, 3.8) is 0 Å². The highest BCUT2D eigenvalue weighted by Gasteiger charge is 2.28. The fourth-order valence-corrected chi connectivity index (χ4v) is 5.15. The minimum Gasteiger partial charge on any atom is -0.340 e. The number of rotatable bonds is 11. The summed E-state index contributed by atoms with van der Waals surface area (Å²) >= 11 is 1.66. The Labute approximate surface area is 225 Å². The molecule has 1 atom stereocenters. The van der Waals surface area contributed by atoms with Gasteiger partial charge in [0.25, 0.3) is 5.91 Å². The lowest BCUT2D eigenvalue weighted by molar-refractivity contribution is -0.133. The molecule has 7 nitrogen and oxygen atoms in total. The Hall–Kier alpha value is -2.84.